The molecule has 9 atom stereocenters. The zero-order valence-electron chi connectivity index (χ0n) is 27.3. The Morgan fingerprint density at radius 2 is 1.47 bits per heavy atom. The van der Waals surface area contributed by atoms with Crippen molar-refractivity contribution in [3.63, 3.8) is 0 Å². The highest BCUT2D eigenvalue weighted by atomic mass is 16.6. The molecule has 0 aliphatic heterocycles. The largest absolute Gasteiger partial charge is 0.458 e. The van der Waals surface area contributed by atoms with Crippen LogP contribution in [-0.4, -0.2) is 67.5 Å². The summed E-state index contributed by atoms with van der Waals surface area (Å²) in [5.74, 6) is -1.84. The number of aliphatic hydroxyl groups excluding tert-OH is 1. The zero-order valence-corrected chi connectivity index (χ0v) is 27.3. The summed E-state index contributed by atoms with van der Waals surface area (Å²) in [6, 6.07) is 18.6. The number of hydrogen-bond acceptors (Lipinski definition) is 8. The maximum absolute atomic E-state index is 13.5. The van der Waals surface area contributed by atoms with Gasteiger partial charge in [-0.15, -0.1) is 0 Å². The Bertz CT molecular complexity index is 1580. The lowest BCUT2D eigenvalue weighted by Crippen LogP contribution is -2.78. The molecule has 4 aliphatic rings. The second-order valence-corrected chi connectivity index (χ2v) is 14.4. The van der Waals surface area contributed by atoms with Crippen molar-refractivity contribution in [2.24, 2.45) is 16.7 Å². The molecule has 8 heteroatoms. The fourth-order valence-electron chi connectivity index (χ4n) is 9.44. The molecule has 0 radical (unpaired) electrons. The summed E-state index contributed by atoms with van der Waals surface area (Å²) in [6.45, 7) is 5.30. The van der Waals surface area contributed by atoms with E-state index in [1.165, 1.54) is 12.2 Å². The molecule has 0 aromatic heterocycles. The lowest BCUT2D eigenvalue weighted by Gasteiger charge is -2.67. The van der Waals surface area contributed by atoms with Crippen LogP contribution in [0.15, 0.2) is 84.5 Å². The number of rotatable bonds is 7. The van der Waals surface area contributed by atoms with E-state index < -0.39 is 63.8 Å². The van der Waals surface area contributed by atoms with Crippen molar-refractivity contribution in [3.8, 4) is 0 Å². The maximum atomic E-state index is 13.5. The minimum atomic E-state index is -1.91. The molecular weight excluding hydrogens is 596 g/mol. The summed E-state index contributed by atoms with van der Waals surface area (Å²) in [7, 11) is 0. The second-order valence-electron chi connectivity index (χ2n) is 14.4. The number of fused-ring (bicyclic) bond motifs is 5. The number of hydrogen-bond donors (Lipinski definition) is 4. The first-order valence-electron chi connectivity index (χ1n) is 16.7. The van der Waals surface area contributed by atoms with Crippen molar-refractivity contribution in [2.45, 2.75) is 101 Å². The minimum Gasteiger partial charge on any atom is -0.458 e. The SMILES string of the molecule is C[C@H](OC(=O)C=Cc1ccccc1)[C@]1(O)CC[C@@]2(O)[C@]1(C)[C@H](OC(=O)C=Cc1ccccc1)C[C@@H]1[C@@]3(C)CC[C@H](O)CC3=CC[C@]12O. The molecule has 4 N–H and O–H groups in total. The third-order valence-electron chi connectivity index (χ3n) is 12.3. The van der Waals surface area contributed by atoms with Crippen LogP contribution in [0.1, 0.15) is 76.8 Å². The summed E-state index contributed by atoms with van der Waals surface area (Å²) in [6.07, 6.45) is 7.13. The first-order valence-corrected chi connectivity index (χ1v) is 16.7. The summed E-state index contributed by atoms with van der Waals surface area (Å²) in [4.78, 5) is 26.5. The number of carbonyl (C=O) groups is 2. The van der Waals surface area contributed by atoms with Gasteiger partial charge in [-0.25, -0.2) is 9.59 Å². The number of esters is 2. The predicted octanol–water partition coefficient (Wildman–Crippen LogP) is 5.15. The topological polar surface area (TPSA) is 134 Å². The quantitative estimate of drug-likeness (QED) is 0.185. The molecule has 0 amide bonds. The van der Waals surface area contributed by atoms with Crippen molar-refractivity contribution in [2.75, 3.05) is 0 Å². The average Bonchev–Trinajstić information content (AvgIpc) is 3.29. The van der Waals surface area contributed by atoms with Gasteiger partial charge in [0.25, 0.3) is 0 Å². The highest BCUT2D eigenvalue weighted by Crippen LogP contribution is 2.71. The Labute approximate surface area is 276 Å². The molecule has 2 aromatic carbocycles. The molecule has 0 heterocycles. The van der Waals surface area contributed by atoms with Gasteiger partial charge >= 0.3 is 11.9 Å². The maximum Gasteiger partial charge on any atom is 0.331 e. The smallest absolute Gasteiger partial charge is 0.331 e. The second kappa shape index (κ2) is 12.2. The van der Waals surface area contributed by atoms with Gasteiger partial charge in [-0.05, 0) is 80.6 Å². The van der Waals surface area contributed by atoms with Crippen molar-refractivity contribution >= 4 is 24.1 Å². The van der Waals surface area contributed by atoms with Gasteiger partial charge in [-0.1, -0.05) is 86.2 Å². The summed E-state index contributed by atoms with van der Waals surface area (Å²) in [5.41, 5.74) is -4.98. The third kappa shape index (κ3) is 5.30. The highest BCUT2D eigenvalue weighted by molar-refractivity contribution is 5.88. The Hall–Kier alpha value is -3.56. The molecule has 3 fully saturated rings. The van der Waals surface area contributed by atoms with E-state index in [1.54, 1.807) is 26.0 Å². The van der Waals surface area contributed by atoms with E-state index in [2.05, 4.69) is 6.92 Å². The molecule has 0 saturated heterocycles. The third-order valence-corrected chi connectivity index (χ3v) is 12.3. The lowest BCUT2D eigenvalue weighted by atomic mass is 9.42. The van der Waals surface area contributed by atoms with Crippen LogP contribution in [0.5, 0.6) is 0 Å². The van der Waals surface area contributed by atoms with Crippen LogP contribution in [0.4, 0.5) is 0 Å². The molecule has 3 saturated carbocycles. The van der Waals surface area contributed by atoms with Gasteiger partial charge in [-0.2, -0.15) is 0 Å². The van der Waals surface area contributed by atoms with Gasteiger partial charge in [0.1, 0.15) is 29.0 Å². The summed E-state index contributed by atoms with van der Waals surface area (Å²) >= 11 is 0. The van der Waals surface area contributed by atoms with Crippen LogP contribution >= 0.6 is 0 Å². The van der Waals surface area contributed by atoms with Crippen molar-refractivity contribution in [1.29, 1.82) is 0 Å². The molecule has 8 nitrogen and oxygen atoms in total. The first kappa shape index (κ1) is 33.3. The minimum absolute atomic E-state index is 0.00449. The molecule has 4 aliphatic carbocycles. The van der Waals surface area contributed by atoms with E-state index in [1.807, 2.05) is 66.7 Å². The fourth-order valence-corrected chi connectivity index (χ4v) is 9.44. The van der Waals surface area contributed by atoms with E-state index in [0.29, 0.717) is 19.3 Å². The predicted molar refractivity (Wildman–Crippen MR) is 177 cm³/mol. The van der Waals surface area contributed by atoms with Crippen LogP contribution in [0, 0.1) is 16.7 Å². The van der Waals surface area contributed by atoms with Gasteiger partial charge in [0.05, 0.1) is 11.5 Å². The molecule has 0 unspecified atom stereocenters. The molecule has 0 bridgehead atoms. The van der Waals surface area contributed by atoms with E-state index in [4.69, 9.17) is 9.47 Å². The van der Waals surface area contributed by atoms with E-state index in [-0.39, 0.29) is 25.7 Å². The Balaban J connectivity index is 1.36. The van der Waals surface area contributed by atoms with Crippen molar-refractivity contribution < 1.29 is 39.5 Å². The van der Waals surface area contributed by atoms with Gasteiger partial charge in [0.2, 0.25) is 0 Å². The number of carbonyl (C=O) groups excluding carboxylic acids is 2. The standard InChI is InChI=1S/C39H46O8/c1-26(46-33(41)16-14-27-10-6-4-7-11-27)37(43)22-23-39(45)36(37,3)32(47-34(42)17-15-28-12-8-5-9-13-28)25-31-35(2)20-19-30(40)24-29(35)18-21-38(31,39)44/h4-18,26,30-32,40,43-45H,19-25H2,1-3H3/t26-,30-,31+,32+,35-,36+,37+,38-,39+/m0/s1. The van der Waals surface area contributed by atoms with E-state index in [9.17, 15) is 30.0 Å². The Morgan fingerprint density at radius 3 is 2.09 bits per heavy atom. The van der Waals surface area contributed by atoms with Gasteiger partial charge < -0.3 is 29.9 Å². The number of benzene rings is 2. The Morgan fingerprint density at radius 1 is 0.872 bits per heavy atom. The normalized spacial score (nSPS) is 38.6. The molecular formula is C39H46O8. The number of ether oxygens (including phenoxy) is 2. The average molecular weight is 643 g/mol. The van der Waals surface area contributed by atoms with E-state index >= 15 is 0 Å². The molecule has 6 rings (SSSR count). The van der Waals surface area contributed by atoms with Crippen LogP contribution in [-0.2, 0) is 19.1 Å². The molecule has 250 valence electrons. The van der Waals surface area contributed by atoms with Crippen molar-refractivity contribution in [3.05, 3.63) is 95.6 Å². The summed E-state index contributed by atoms with van der Waals surface area (Å²) in [5, 5.41) is 48.7. The van der Waals surface area contributed by atoms with Gasteiger partial charge in [-0.3, -0.25) is 0 Å². The Kier molecular flexibility index (Phi) is 8.62. The molecule has 2 aromatic rings. The van der Waals surface area contributed by atoms with Crippen molar-refractivity contribution in [1.82, 2.24) is 0 Å². The lowest BCUT2D eigenvalue weighted by molar-refractivity contribution is -0.326. The molecule has 0 spiro atoms. The van der Waals surface area contributed by atoms with Crippen LogP contribution in [0.25, 0.3) is 12.2 Å². The highest BCUT2D eigenvalue weighted by Gasteiger charge is 2.81. The van der Waals surface area contributed by atoms with Gasteiger partial charge in [0, 0.05) is 18.1 Å². The van der Waals surface area contributed by atoms with Crippen LogP contribution < -0.4 is 0 Å². The van der Waals surface area contributed by atoms with E-state index in [0.717, 1.165) is 16.7 Å². The fraction of sp³-hybridized carbons (Fsp3) is 0.487. The van der Waals surface area contributed by atoms with Crippen LogP contribution in [0.2, 0.25) is 0 Å². The molecule has 47 heavy (non-hydrogen) atoms. The summed E-state index contributed by atoms with van der Waals surface area (Å²) < 4.78 is 12.0. The monoisotopic (exact) mass is 642 g/mol. The van der Waals surface area contributed by atoms with Gasteiger partial charge in [0.15, 0.2) is 0 Å². The zero-order chi connectivity index (χ0) is 33.7. The first-order chi connectivity index (χ1) is 22.3. The number of aliphatic hydroxyl groups is 4. The van der Waals surface area contributed by atoms with Crippen LogP contribution in [0.3, 0.4) is 0 Å².